The smallest absolute Gasteiger partial charge is 0.0126 e. The summed E-state index contributed by atoms with van der Waals surface area (Å²) in [6.07, 6.45) is 0. The summed E-state index contributed by atoms with van der Waals surface area (Å²) >= 11 is 0. The van der Waals surface area contributed by atoms with Crippen LogP contribution in [0.15, 0.2) is 54.6 Å². The van der Waals surface area contributed by atoms with E-state index in [0.29, 0.717) is 0 Å². The predicted octanol–water partition coefficient (Wildman–Crippen LogP) is 5.29. The van der Waals surface area contributed by atoms with Gasteiger partial charge in [0.1, 0.15) is 0 Å². The molecule has 0 aliphatic heterocycles. The van der Waals surface area contributed by atoms with Gasteiger partial charge >= 0.3 is 0 Å². The Morgan fingerprint density at radius 2 is 1.28 bits per heavy atom. The van der Waals surface area contributed by atoms with Crippen LogP contribution in [0.2, 0.25) is 0 Å². The van der Waals surface area contributed by atoms with E-state index in [2.05, 4.69) is 75.4 Å². The van der Waals surface area contributed by atoms with E-state index in [1.165, 1.54) is 27.1 Å². The van der Waals surface area contributed by atoms with Gasteiger partial charge in [0, 0.05) is 0 Å². The second-order valence-electron chi connectivity index (χ2n) is 5.98. The van der Waals surface area contributed by atoms with Gasteiger partial charge in [-0.15, -0.1) is 0 Å². The quantitative estimate of drug-likeness (QED) is 0.463. The van der Waals surface area contributed by atoms with Crippen molar-refractivity contribution in [3.63, 3.8) is 0 Å². The van der Waals surface area contributed by atoms with Crippen molar-refractivity contribution in [3.8, 4) is 0 Å². The first-order valence-corrected chi connectivity index (χ1v) is 6.48. The summed E-state index contributed by atoms with van der Waals surface area (Å²) in [7, 11) is 0. The summed E-state index contributed by atoms with van der Waals surface area (Å²) in [5, 5.41) is 5.35. The lowest BCUT2D eigenvalue weighted by Crippen LogP contribution is -2.11. The van der Waals surface area contributed by atoms with Crippen LogP contribution in [0.1, 0.15) is 26.3 Å². The molecule has 0 aliphatic carbocycles. The van der Waals surface area contributed by atoms with Crippen LogP contribution in [0.4, 0.5) is 0 Å². The molecule has 0 bridgehead atoms. The van der Waals surface area contributed by atoms with E-state index in [1.54, 1.807) is 0 Å². The molecule has 0 atom stereocenters. The van der Waals surface area contributed by atoms with Crippen molar-refractivity contribution < 1.29 is 0 Å². The molecule has 0 fully saturated rings. The Morgan fingerprint density at radius 1 is 0.667 bits per heavy atom. The maximum Gasteiger partial charge on any atom is -0.0126 e. The third-order valence-electron chi connectivity index (χ3n) is 3.55. The van der Waals surface area contributed by atoms with Crippen molar-refractivity contribution in [1.29, 1.82) is 0 Å². The molecule has 3 aromatic rings. The van der Waals surface area contributed by atoms with E-state index in [9.17, 15) is 0 Å². The highest BCUT2D eigenvalue weighted by atomic mass is 14.2. The molecule has 0 spiro atoms. The lowest BCUT2D eigenvalue weighted by atomic mass is 9.83. The molecule has 0 saturated carbocycles. The average Bonchev–Trinajstić information content (AvgIpc) is 2.34. The molecule has 0 saturated heterocycles. The zero-order valence-corrected chi connectivity index (χ0v) is 11.2. The Morgan fingerprint density at radius 3 is 1.94 bits per heavy atom. The van der Waals surface area contributed by atoms with Crippen molar-refractivity contribution in [3.05, 3.63) is 60.2 Å². The maximum atomic E-state index is 2.32. The van der Waals surface area contributed by atoms with Gasteiger partial charge in [-0.1, -0.05) is 63.2 Å². The van der Waals surface area contributed by atoms with E-state index >= 15 is 0 Å². The third-order valence-corrected chi connectivity index (χ3v) is 3.55. The first kappa shape index (κ1) is 11.3. The standard InChI is InChI=1S/C18H18/c1-18(2,3)17-10-6-9-15-11-13-7-4-5-8-14(13)12-16(15)17/h4-12H,1-3H3. The van der Waals surface area contributed by atoms with Gasteiger partial charge < -0.3 is 0 Å². The Bertz CT molecular complexity index is 715. The minimum Gasteiger partial charge on any atom is -0.0616 e. The Hall–Kier alpha value is -1.82. The molecule has 0 heterocycles. The number of hydrogen-bond acceptors (Lipinski definition) is 0. The van der Waals surface area contributed by atoms with Crippen LogP contribution in [-0.4, -0.2) is 0 Å². The molecular weight excluding hydrogens is 216 g/mol. The molecule has 90 valence electrons. The van der Waals surface area contributed by atoms with Gasteiger partial charge in [-0.05, 0) is 44.7 Å². The zero-order valence-electron chi connectivity index (χ0n) is 11.2. The SMILES string of the molecule is CC(C)(C)c1cccc2cc3ccccc3cc12. The number of fused-ring (bicyclic) bond motifs is 2. The molecule has 0 aromatic heterocycles. The van der Waals surface area contributed by atoms with Crippen molar-refractivity contribution in [2.45, 2.75) is 26.2 Å². The molecular formula is C18H18. The highest BCUT2D eigenvalue weighted by Crippen LogP contribution is 2.32. The van der Waals surface area contributed by atoms with Crippen LogP contribution in [0.5, 0.6) is 0 Å². The van der Waals surface area contributed by atoms with Crippen LogP contribution in [-0.2, 0) is 5.41 Å². The Balaban J connectivity index is 2.44. The van der Waals surface area contributed by atoms with Gasteiger partial charge in [0.2, 0.25) is 0 Å². The highest BCUT2D eigenvalue weighted by Gasteiger charge is 2.16. The van der Waals surface area contributed by atoms with Crippen LogP contribution < -0.4 is 0 Å². The molecule has 0 unspecified atom stereocenters. The van der Waals surface area contributed by atoms with Gasteiger partial charge in [0.05, 0.1) is 0 Å². The molecule has 0 aliphatic rings. The number of benzene rings is 3. The predicted molar refractivity (Wildman–Crippen MR) is 80.2 cm³/mol. The molecule has 3 aromatic carbocycles. The molecule has 0 heteroatoms. The van der Waals surface area contributed by atoms with Crippen molar-refractivity contribution in [2.24, 2.45) is 0 Å². The summed E-state index contributed by atoms with van der Waals surface area (Å²) in [5.74, 6) is 0. The van der Waals surface area contributed by atoms with Crippen molar-refractivity contribution in [2.75, 3.05) is 0 Å². The first-order valence-electron chi connectivity index (χ1n) is 6.48. The lowest BCUT2D eigenvalue weighted by Gasteiger charge is -2.21. The largest absolute Gasteiger partial charge is 0.0616 e. The van der Waals surface area contributed by atoms with Gasteiger partial charge in [-0.3, -0.25) is 0 Å². The van der Waals surface area contributed by atoms with E-state index in [0.717, 1.165) is 0 Å². The normalized spacial score (nSPS) is 12.2. The molecule has 0 N–H and O–H groups in total. The summed E-state index contributed by atoms with van der Waals surface area (Å²) in [6, 6.07) is 19.8. The minimum atomic E-state index is 0.183. The van der Waals surface area contributed by atoms with Gasteiger partial charge in [0.25, 0.3) is 0 Å². The Labute approximate surface area is 108 Å². The fourth-order valence-electron chi connectivity index (χ4n) is 2.62. The fourth-order valence-corrected chi connectivity index (χ4v) is 2.62. The lowest BCUT2D eigenvalue weighted by molar-refractivity contribution is 0.596. The van der Waals surface area contributed by atoms with Crippen molar-refractivity contribution in [1.82, 2.24) is 0 Å². The molecule has 0 nitrogen and oxygen atoms in total. The van der Waals surface area contributed by atoms with E-state index in [1.807, 2.05) is 0 Å². The molecule has 0 amide bonds. The first-order chi connectivity index (χ1) is 8.55. The average molecular weight is 234 g/mol. The molecule has 0 radical (unpaired) electrons. The highest BCUT2D eigenvalue weighted by molar-refractivity contribution is 5.99. The second-order valence-corrected chi connectivity index (χ2v) is 5.98. The van der Waals surface area contributed by atoms with E-state index in [-0.39, 0.29) is 5.41 Å². The fraction of sp³-hybridized carbons (Fsp3) is 0.222. The number of hydrogen-bond donors (Lipinski definition) is 0. The van der Waals surface area contributed by atoms with Crippen LogP contribution >= 0.6 is 0 Å². The number of rotatable bonds is 0. The minimum absolute atomic E-state index is 0.183. The topological polar surface area (TPSA) is 0 Å². The molecule has 3 rings (SSSR count). The van der Waals surface area contributed by atoms with Gasteiger partial charge in [-0.25, -0.2) is 0 Å². The zero-order chi connectivity index (χ0) is 12.8. The maximum absolute atomic E-state index is 2.32. The van der Waals surface area contributed by atoms with Crippen LogP contribution in [0, 0.1) is 0 Å². The summed E-state index contributed by atoms with van der Waals surface area (Å²) in [6.45, 7) is 6.82. The van der Waals surface area contributed by atoms with Crippen LogP contribution in [0.3, 0.4) is 0 Å². The van der Waals surface area contributed by atoms with Gasteiger partial charge in [-0.2, -0.15) is 0 Å². The van der Waals surface area contributed by atoms with E-state index < -0.39 is 0 Å². The Kier molecular flexibility index (Phi) is 2.41. The monoisotopic (exact) mass is 234 g/mol. The summed E-state index contributed by atoms with van der Waals surface area (Å²) in [5.41, 5.74) is 1.60. The summed E-state index contributed by atoms with van der Waals surface area (Å²) in [4.78, 5) is 0. The third kappa shape index (κ3) is 1.78. The summed E-state index contributed by atoms with van der Waals surface area (Å²) < 4.78 is 0. The second kappa shape index (κ2) is 3.84. The molecule has 18 heavy (non-hydrogen) atoms. The van der Waals surface area contributed by atoms with Gasteiger partial charge in [0.15, 0.2) is 0 Å². The van der Waals surface area contributed by atoms with Crippen LogP contribution in [0.25, 0.3) is 21.5 Å². The van der Waals surface area contributed by atoms with Crippen molar-refractivity contribution >= 4 is 21.5 Å². The van der Waals surface area contributed by atoms with E-state index in [4.69, 9.17) is 0 Å².